The summed E-state index contributed by atoms with van der Waals surface area (Å²) in [6, 6.07) is 7.40. The molecule has 0 aliphatic heterocycles. The number of amidine groups is 1. The first-order valence-corrected chi connectivity index (χ1v) is 6.93. The molecule has 0 unspecified atom stereocenters. The third-order valence-electron chi connectivity index (χ3n) is 2.94. The zero-order chi connectivity index (χ0) is 15.7. The molecule has 0 bridgehead atoms. The average Bonchev–Trinajstić information content (AvgIpc) is 2.48. The van der Waals surface area contributed by atoms with Crippen LogP contribution in [0.3, 0.4) is 0 Å². The monoisotopic (exact) mass is 293 g/mol. The minimum atomic E-state index is -0.429. The second kappa shape index (κ2) is 8.84. The lowest BCUT2D eigenvalue weighted by Gasteiger charge is -2.18. The van der Waals surface area contributed by atoms with Gasteiger partial charge in [-0.1, -0.05) is 18.5 Å². The highest BCUT2D eigenvalue weighted by molar-refractivity contribution is 5.95. The van der Waals surface area contributed by atoms with E-state index in [4.69, 9.17) is 9.57 Å². The lowest BCUT2D eigenvalue weighted by Crippen LogP contribution is -2.23. The highest BCUT2D eigenvalue weighted by Gasteiger charge is 2.06. The number of oxime groups is 1. The first kappa shape index (κ1) is 16.8. The fraction of sp³-hybridized carbons (Fsp3) is 0.467. The van der Waals surface area contributed by atoms with Crippen molar-refractivity contribution in [2.45, 2.75) is 26.7 Å². The maximum absolute atomic E-state index is 11.5. The molecule has 0 aromatic heterocycles. The topological polar surface area (TPSA) is 63.2 Å². The Bertz CT molecular complexity index is 472. The van der Waals surface area contributed by atoms with E-state index in [1.807, 2.05) is 50.1 Å². The molecule has 116 valence electrons. The van der Waals surface area contributed by atoms with Gasteiger partial charge in [-0.05, 0) is 37.6 Å². The van der Waals surface area contributed by atoms with Crippen LogP contribution in [0.5, 0.6) is 0 Å². The summed E-state index contributed by atoms with van der Waals surface area (Å²) in [7, 11) is 3.40. The van der Waals surface area contributed by atoms with Crippen LogP contribution in [-0.4, -0.2) is 32.7 Å². The summed E-state index contributed by atoms with van der Waals surface area (Å²) >= 11 is 0. The molecule has 0 saturated heterocycles. The van der Waals surface area contributed by atoms with Crippen LogP contribution in [0.25, 0.3) is 0 Å². The van der Waals surface area contributed by atoms with Crippen molar-refractivity contribution in [1.82, 2.24) is 0 Å². The Morgan fingerprint density at radius 1 is 1.33 bits per heavy atom. The van der Waals surface area contributed by atoms with E-state index in [1.165, 1.54) is 7.11 Å². The van der Waals surface area contributed by atoms with Crippen molar-refractivity contribution in [3.63, 3.8) is 0 Å². The predicted octanol–water partition coefficient (Wildman–Crippen LogP) is 3.45. The van der Waals surface area contributed by atoms with Gasteiger partial charge in [0.1, 0.15) is 12.9 Å². The van der Waals surface area contributed by atoms with Gasteiger partial charge in [0.25, 0.3) is 0 Å². The largest absolute Gasteiger partial charge is 0.449 e. The molecule has 0 radical (unpaired) electrons. The van der Waals surface area contributed by atoms with E-state index in [-0.39, 0.29) is 0 Å². The molecule has 1 N–H and O–H groups in total. The minimum Gasteiger partial charge on any atom is -0.449 e. The molecule has 0 aliphatic carbocycles. The number of hydrogen-bond acceptors (Lipinski definition) is 4. The molecule has 0 saturated carbocycles. The van der Waals surface area contributed by atoms with Crippen molar-refractivity contribution in [2.24, 2.45) is 5.16 Å². The molecule has 6 nitrogen and oxygen atoms in total. The maximum Gasteiger partial charge on any atom is 0.411 e. The van der Waals surface area contributed by atoms with E-state index < -0.39 is 6.09 Å². The molecule has 0 atom stereocenters. The standard InChI is InChI=1S/C15H23N3O3/c1-5-6-11-21-15(19)16-13-7-9-14(10-8-13)18(3)12(2)17-20-4/h7-10H,5-6,11H2,1-4H3,(H,16,19). The van der Waals surface area contributed by atoms with Gasteiger partial charge in [0.15, 0.2) is 0 Å². The highest BCUT2D eigenvalue weighted by Crippen LogP contribution is 2.17. The van der Waals surface area contributed by atoms with Crippen LogP contribution in [0.1, 0.15) is 26.7 Å². The zero-order valence-electron chi connectivity index (χ0n) is 13.0. The molecule has 0 spiro atoms. The van der Waals surface area contributed by atoms with Crippen molar-refractivity contribution in [3.8, 4) is 0 Å². The van der Waals surface area contributed by atoms with Gasteiger partial charge >= 0.3 is 6.09 Å². The highest BCUT2D eigenvalue weighted by atomic mass is 16.6. The van der Waals surface area contributed by atoms with Gasteiger partial charge in [0.05, 0.1) is 6.61 Å². The number of rotatable bonds is 6. The van der Waals surface area contributed by atoms with E-state index in [0.29, 0.717) is 12.3 Å². The van der Waals surface area contributed by atoms with Crippen molar-refractivity contribution >= 4 is 23.3 Å². The first-order valence-electron chi connectivity index (χ1n) is 6.93. The van der Waals surface area contributed by atoms with Crippen LogP contribution in [0, 0.1) is 0 Å². The quantitative estimate of drug-likeness (QED) is 0.377. The lowest BCUT2D eigenvalue weighted by atomic mass is 10.2. The summed E-state index contributed by atoms with van der Waals surface area (Å²) in [6.45, 7) is 4.34. The van der Waals surface area contributed by atoms with E-state index >= 15 is 0 Å². The number of benzene rings is 1. The number of nitrogens with one attached hydrogen (secondary N) is 1. The van der Waals surface area contributed by atoms with E-state index in [0.717, 1.165) is 24.4 Å². The van der Waals surface area contributed by atoms with Crippen molar-refractivity contribution in [2.75, 3.05) is 31.0 Å². The third-order valence-corrected chi connectivity index (χ3v) is 2.94. The fourth-order valence-electron chi connectivity index (χ4n) is 1.61. The molecule has 21 heavy (non-hydrogen) atoms. The summed E-state index contributed by atoms with van der Waals surface area (Å²) in [5.41, 5.74) is 1.63. The lowest BCUT2D eigenvalue weighted by molar-refractivity contribution is 0.160. The number of ether oxygens (including phenoxy) is 1. The molecule has 0 fully saturated rings. The zero-order valence-corrected chi connectivity index (χ0v) is 13.0. The van der Waals surface area contributed by atoms with Gasteiger partial charge < -0.3 is 14.5 Å². The average molecular weight is 293 g/mol. The summed E-state index contributed by atoms with van der Waals surface area (Å²) < 4.78 is 5.04. The Kier molecular flexibility index (Phi) is 7.08. The molecular weight excluding hydrogens is 270 g/mol. The van der Waals surface area contributed by atoms with E-state index in [2.05, 4.69) is 10.5 Å². The van der Waals surface area contributed by atoms with Gasteiger partial charge in [-0.25, -0.2) is 4.79 Å². The number of carbonyl (C=O) groups is 1. The van der Waals surface area contributed by atoms with Crippen LogP contribution in [0.2, 0.25) is 0 Å². The molecule has 1 amide bonds. The number of anilines is 2. The smallest absolute Gasteiger partial charge is 0.411 e. The second-order valence-corrected chi connectivity index (χ2v) is 4.54. The van der Waals surface area contributed by atoms with Crippen LogP contribution in [0.15, 0.2) is 29.4 Å². The Morgan fingerprint density at radius 2 is 2.00 bits per heavy atom. The van der Waals surface area contributed by atoms with Gasteiger partial charge in [-0.3, -0.25) is 5.32 Å². The predicted molar refractivity (Wildman–Crippen MR) is 84.8 cm³/mol. The number of hydrogen-bond donors (Lipinski definition) is 1. The van der Waals surface area contributed by atoms with E-state index in [9.17, 15) is 4.79 Å². The second-order valence-electron chi connectivity index (χ2n) is 4.54. The maximum atomic E-state index is 11.5. The third kappa shape index (κ3) is 5.72. The van der Waals surface area contributed by atoms with Gasteiger partial charge in [0.2, 0.25) is 0 Å². The number of amides is 1. The molecule has 1 rings (SSSR count). The summed E-state index contributed by atoms with van der Waals surface area (Å²) in [5, 5.41) is 6.55. The molecule has 1 aromatic carbocycles. The van der Waals surface area contributed by atoms with Crippen molar-refractivity contribution < 1.29 is 14.4 Å². The summed E-state index contributed by atoms with van der Waals surface area (Å²) in [4.78, 5) is 18.1. The first-order chi connectivity index (χ1) is 10.1. The summed E-state index contributed by atoms with van der Waals surface area (Å²) in [6.07, 6.45) is 1.44. The Hall–Kier alpha value is -2.24. The Morgan fingerprint density at radius 3 is 2.57 bits per heavy atom. The number of nitrogens with zero attached hydrogens (tertiary/aromatic N) is 2. The molecule has 0 heterocycles. The van der Waals surface area contributed by atoms with Crippen molar-refractivity contribution in [3.05, 3.63) is 24.3 Å². The number of carbonyl (C=O) groups excluding carboxylic acids is 1. The fourth-order valence-corrected chi connectivity index (χ4v) is 1.61. The molecular formula is C15H23N3O3. The van der Waals surface area contributed by atoms with Crippen LogP contribution in [-0.2, 0) is 9.57 Å². The van der Waals surface area contributed by atoms with Crippen LogP contribution >= 0.6 is 0 Å². The van der Waals surface area contributed by atoms with Crippen LogP contribution in [0.4, 0.5) is 16.2 Å². The van der Waals surface area contributed by atoms with Crippen LogP contribution < -0.4 is 10.2 Å². The van der Waals surface area contributed by atoms with Gasteiger partial charge in [-0.15, -0.1) is 0 Å². The summed E-state index contributed by atoms with van der Waals surface area (Å²) in [5.74, 6) is 0.734. The minimum absolute atomic E-state index is 0.429. The molecule has 1 aromatic rings. The molecule has 6 heteroatoms. The number of unbranched alkanes of at least 4 members (excludes halogenated alkanes) is 1. The Balaban J connectivity index is 2.58. The van der Waals surface area contributed by atoms with Crippen molar-refractivity contribution in [1.29, 1.82) is 0 Å². The SMILES string of the molecule is CCCCOC(=O)Nc1ccc(N(C)C(C)=NOC)cc1. The van der Waals surface area contributed by atoms with Gasteiger partial charge in [0, 0.05) is 18.4 Å². The normalized spacial score (nSPS) is 11.0. The molecule has 0 aliphatic rings. The Labute approximate surface area is 125 Å². The van der Waals surface area contributed by atoms with E-state index in [1.54, 1.807) is 0 Å². The van der Waals surface area contributed by atoms with Gasteiger partial charge in [-0.2, -0.15) is 0 Å².